The van der Waals surface area contributed by atoms with Crippen molar-refractivity contribution in [2.24, 2.45) is 0 Å². The molecule has 1 saturated carbocycles. The van der Waals surface area contributed by atoms with Gasteiger partial charge in [0.05, 0.1) is 12.5 Å². The van der Waals surface area contributed by atoms with Crippen molar-refractivity contribution in [1.82, 2.24) is 0 Å². The van der Waals surface area contributed by atoms with E-state index in [1.807, 2.05) is 0 Å². The Morgan fingerprint density at radius 3 is 2.56 bits per heavy atom. The minimum Gasteiger partial charge on any atom is -0.495 e. The largest absolute Gasteiger partial charge is 0.495 e. The van der Waals surface area contributed by atoms with Crippen molar-refractivity contribution in [3.8, 4) is 5.75 Å². The Kier molecular flexibility index (Phi) is 3.48. The molecule has 1 aliphatic carbocycles. The first-order valence-corrected chi connectivity index (χ1v) is 6.16. The summed E-state index contributed by atoms with van der Waals surface area (Å²) in [6, 6.07) is 2.99. The van der Waals surface area contributed by atoms with E-state index in [0.717, 1.165) is 12.8 Å². The molecule has 1 aromatic rings. The van der Waals surface area contributed by atoms with E-state index in [1.165, 1.54) is 19.2 Å². The fourth-order valence-corrected chi connectivity index (χ4v) is 2.88. The maximum absolute atomic E-state index is 14.2. The lowest BCUT2D eigenvalue weighted by Crippen LogP contribution is -2.33. The molecule has 0 amide bonds. The van der Waals surface area contributed by atoms with Gasteiger partial charge in [-0.25, -0.2) is 4.39 Å². The summed E-state index contributed by atoms with van der Waals surface area (Å²) in [5, 5.41) is 9.27. The monoisotopic (exact) mass is 272 g/mol. The molecule has 0 radical (unpaired) electrons. The topological polar surface area (TPSA) is 46.5 Å². The van der Waals surface area contributed by atoms with E-state index < -0.39 is 17.2 Å². The molecule has 1 aromatic carbocycles. The van der Waals surface area contributed by atoms with Crippen LogP contribution in [0.2, 0.25) is 5.02 Å². The molecule has 3 nitrogen and oxygen atoms in total. The summed E-state index contributed by atoms with van der Waals surface area (Å²) in [6.45, 7) is 0. The van der Waals surface area contributed by atoms with E-state index in [4.69, 9.17) is 16.3 Å². The summed E-state index contributed by atoms with van der Waals surface area (Å²) in [5.74, 6) is -1.45. The summed E-state index contributed by atoms with van der Waals surface area (Å²) in [7, 11) is 1.39. The molecule has 0 unspecified atom stereocenters. The SMILES string of the molecule is COc1ccc(C2(C(=O)O)CCCC2)c(F)c1Cl. The zero-order valence-electron chi connectivity index (χ0n) is 10.0. The Labute approximate surface area is 110 Å². The molecular formula is C13H14ClFO3. The number of carboxylic acid groups (broad SMARTS) is 1. The molecule has 1 aliphatic rings. The van der Waals surface area contributed by atoms with Crippen LogP contribution in [0.25, 0.3) is 0 Å². The molecular weight excluding hydrogens is 259 g/mol. The Morgan fingerprint density at radius 2 is 2.06 bits per heavy atom. The van der Waals surface area contributed by atoms with Gasteiger partial charge in [0.25, 0.3) is 0 Å². The standard InChI is InChI=1S/C13H14ClFO3/c1-18-9-5-4-8(11(15)10(9)14)13(12(16)17)6-2-3-7-13/h4-5H,2-3,6-7H2,1H3,(H,16,17). The predicted octanol–water partition coefficient (Wildman–Crippen LogP) is 3.38. The fraction of sp³-hybridized carbons (Fsp3) is 0.462. The first kappa shape index (κ1) is 13.1. The number of aliphatic carboxylic acids is 1. The fourth-order valence-electron chi connectivity index (χ4n) is 2.64. The predicted molar refractivity (Wildman–Crippen MR) is 65.7 cm³/mol. The first-order valence-electron chi connectivity index (χ1n) is 5.79. The minimum absolute atomic E-state index is 0.150. The summed E-state index contributed by atoms with van der Waals surface area (Å²) < 4.78 is 19.1. The Balaban J connectivity index is 2.56. The lowest BCUT2D eigenvalue weighted by Gasteiger charge is -2.25. The highest BCUT2D eigenvalue weighted by molar-refractivity contribution is 6.32. The number of halogens is 2. The molecule has 0 aromatic heterocycles. The average Bonchev–Trinajstić information content (AvgIpc) is 2.83. The minimum atomic E-state index is -1.14. The third kappa shape index (κ3) is 1.85. The van der Waals surface area contributed by atoms with Gasteiger partial charge in [-0.2, -0.15) is 0 Å². The van der Waals surface area contributed by atoms with Gasteiger partial charge in [0.15, 0.2) is 0 Å². The second-order valence-corrected chi connectivity index (χ2v) is 4.92. The van der Waals surface area contributed by atoms with Crippen LogP contribution >= 0.6 is 11.6 Å². The lowest BCUT2D eigenvalue weighted by atomic mass is 9.78. The highest BCUT2D eigenvalue weighted by Crippen LogP contribution is 2.44. The van der Waals surface area contributed by atoms with E-state index in [9.17, 15) is 14.3 Å². The van der Waals surface area contributed by atoms with Crippen molar-refractivity contribution in [3.05, 3.63) is 28.5 Å². The molecule has 0 atom stereocenters. The van der Waals surface area contributed by atoms with Gasteiger partial charge in [0.2, 0.25) is 0 Å². The van der Waals surface area contributed by atoms with Crippen LogP contribution in [0.1, 0.15) is 31.2 Å². The number of ether oxygens (including phenoxy) is 1. The van der Waals surface area contributed by atoms with Crippen LogP contribution < -0.4 is 4.74 Å². The number of methoxy groups -OCH3 is 1. The van der Waals surface area contributed by atoms with Crippen LogP contribution in [0.5, 0.6) is 5.75 Å². The Hall–Kier alpha value is -1.29. The zero-order chi connectivity index (χ0) is 13.3. The first-order chi connectivity index (χ1) is 8.53. The average molecular weight is 273 g/mol. The molecule has 2 rings (SSSR count). The molecule has 0 aliphatic heterocycles. The number of carbonyl (C=O) groups is 1. The van der Waals surface area contributed by atoms with Gasteiger partial charge in [-0.3, -0.25) is 4.79 Å². The van der Waals surface area contributed by atoms with Crippen LogP contribution in [0, 0.1) is 5.82 Å². The van der Waals surface area contributed by atoms with E-state index in [0.29, 0.717) is 12.8 Å². The van der Waals surface area contributed by atoms with Gasteiger partial charge >= 0.3 is 5.97 Å². The smallest absolute Gasteiger partial charge is 0.314 e. The number of benzene rings is 1. The van der Waals surface area contributed by atoms with Crippen LogP contribution in [0.15, 0.2) is 12.1 Å². The Bertz CT molecular complexity index is 481. The van der Waals surface area contributed by atoms with Crippen LogP contribution in [-0.4, -0.2) is 18.2 Å². The van der Waals surface area contributed by atoms with Gasteiger partial charge in [-0.1, -0.05) is 30.5 Å². The molecule has 5 heteroatoms. The van der Waals surface area contributed by atoms with Crippen molar-refractivity contribution < 1.29 is 19.0 Å². The van der Waals surface area contributed by atoms with Crippen molar-refractivity contribution in [1.29, 1.82) is 0 Å². The van der Waals surface area contributed by atoms with E-state index in [1.54, 1.807) is 0 Å². The van der Waals surface area contributed by atoms with Gasteiger partial charge in [-0.05, 0) is 18.9 Å². The van der Waals surface area contributed by atoms with Gasteiger partial charge < -0.3 is 9.84 Å². The number of carboxylic acids is 1. The van der Waals surface area contributed by atoms with Crippen molar-refractivity contribution in [3.63, 3.8) is 0 Å². The molecule has 1 N–H and O–H groups in total. The number of hydrogen-bond donors (Lipinski definition) is 1. The summed E-state index contributed by atoms with van der Waals surface area (Å²) in [6.07, 6.45) is 2.47. The molecule has 0 heterocycles. The normalized spacial score (nSPS) is 17.7. The molecule has 98 valence electrons. The van der Waals surface area contributed by atoms with Crippen molar-refractivity contribution in [2.75, 3.05) is 7.11 Å². The van der Waals surface area contributed by atoms with Crippen LogP contribution in [0.3, 0.4) is 0 Å². The third-order valence-corrected chi connectivity index (χ3v) is 4.00. The van der Waals surface area contributed by atoms with Crippen molar-refractivity contribution >= 4 is 17.6 Å². The van der Waals surface area contributed by atoms with E-state index in [2.05, 4.69) is 0 Å². The van der Waals surface area contributed by atoms with E-state index in [-0.39, 0.29) is 16.3 Å². The summed E-state index contributed by atoms with van der Waals surface area (Å²) in [4.78, 5) is 11.5. The summed E-state index contributed by atoms with van der Waals surface area (Å²) in [5.41, 5.74) is -0.974. The third-order valence-electron chi connectivity index (χ3n) is 3.65. The molecule has 18 heavy (non-hydrogen) atoms. The van der Waals surface area contributed by atoms with Gasteiger partial charge in [0, 0.05) is 5.56 Å². The van der Waals surface area contributed by atoms with Crippen molar-refractivity contribution in [2.45, 2.75) is 31.1 Å². The second-order valence-electron chi connectivity index (χ2n) is 4.54. The van der Waals surface area contributed by atoms with E-state index >= 15 is 0 Å². The molecule has 0 saturated heterocycles. The highest BCUT2D eigenvalue weighted by atomic mass is 35.5. The number of hydrogen-bond acceptors (Lipinski definition) is 2. The van der Waals surface area contributed by atoms with Crippen LogP contribution in [-0.2, 0) is 10.2 Å². The second kappa shape index (κ2) is 4.76. The quantitative estimate of drug-likeness (QED) is 0.917. The Morgan fingerprint density at radius 1 is 1.44 bits per heavy atom. The summed E-state index contributed by atoms with van der Waals surface area (Å²) >= 11 is 5.85. The maximum Gasteiger partial charge on any atom is 0.314 e. The molecule has 1 fully saturated rings. The zero-order valence-corrected chi connectivity index (χ0v) is 10.8. The molecule has 0 spiro atoms. The van der Waals surface area contributed by atoms with Gasteiger partial charge in [0.1, 0.15) is 16.6 Å². The highest BCUT2D eigenvalue weighted by Gasteiger charge is 2.45. The molecule has 0 bridgehead atoms. The number of rotatable bonds is 3. The maximum atomic E-state index is 14.2. The van der Waals surface area contributed by atoms with Gasteiger partial charge in [-0.15, -0.1) is 0 Å². The lowest BCUT2D eigenvalue weighted by molar-refractivity contribution is -0.143. The van der Waals surface area contributed by atoms with Crippen LogP contribution in [0.4, 0.5) is 4.39 Å².